The van der Waals surface area contributed by atoms with Crippen molar-refractivity contribution >= 4 is 5.97 Å². The van der Waals surface area contributed by atoms with Crippen LogP contribution in [0.5, 0.6) is 0 Å². The third-order valence-electron chi connectivity index (χ3n) is 5.64. The van der Waals surface area contributed by atoms with Crippen molar-refractivity contribution in [3.05, 3.63) is 35.9 Å². The average molecular weight is 403 g/mol. The van der Waals surface area contributed by atoms with Gasteiger partial charge in [0.05, 0.1) is 13.2 Å². The van der Waals surface area contributed by atoms with Crippen LogP contribution in [0.2, 0.25) is 0 Å². The van der Waals surface area contributed by atoms with Gasteiger partial charge in [-0.05, 0) is 43.3 Å². The van der Waals surface area contributed by atoms with Crippen LogP contribution in [0.15, 0.2) is 30.3 Å². The molecule has 0 radical (unpaired) electrons. The summed E-state index contributed by atoms with van der Waals surface area (Å²) in [4.78, 5) is 11.5. The van der Waals surface area contributed by atoms with E-state index in [1.54, 1.807) is 0 Å². The number of aliphatic carboxylic acids is 1. The number of carbonyl (C=O) groups is 1. The molecule has 8 heteroatoms. The Kier molecular flexibility index (Phi) is 8.27. The van der Waals surface area contributed by atoms with Crippen molar-refractivity contribution in [1.29, 1.82) is 0 Å². The molecular weight excluding hydrogens is 375 g/mol. The van der Waals surface area contributed by atoms with Crippen molar-refractivity contribution in [2.24, 2.45) is 11.3 Å². The van der Waals surface area contributed by atoms with E-state index in [-0.39, 0.29) is 0 Å². The van der Waals surface area contributed by atoms with E-state index in [4.69, 9.17) is 19.4 Å². The summed E-state index contributed by atoms with van der Waals surface area (Å²) in [6.07, 6.45) is -1.30. The Morgan fingerprint density at radius 1 is 1.25 bits per heavy atom. The quantitative estimate of drug-likeness (QED) is 0.833. The molecule has 2 heterocycles. The van der Waals surface area contributed by atoms with Gasteiger partial charge in [0.15, 0.2) is 0 Å². The van der Waals surface area contributed by atoms with Gasteiger partial charge in [-0.3, -0.25) is 4.90 Å². The van der Waals surface area contributed by atoms with E-state index in [9.17, 15) is 13.2 Å². The molecule has 0 bridgehead atoms. The lowest BCUT2D eigenvalue weighted by molar-refractivity contribution is -0.192. The van der Waals surface area contributed by atoms with E-state index in [2.05, 4.69) is 35.2 Å². The fraction of sp³-hybridized carbons (Fsp3) is 0.650. The minimum absolute atomic E-state index is 0.460. The van der Waals surface area contributed by atoms with E-state index in [0.29, 0.717) is 11.3 Å². The fourth-order valence-electron chi connectivity index (χ4n) is 3.96. The number of halogens is 3. The van der Waals surface area contributed by atoms with Crippen molar-refractivity contribution in [3.8, 4) is 0 Å². The lowest BCUT2D eigenvalue weighted by Crippen LogP contribution is -2.49. The molecule has 1 spiro atoms. The lowest BCUT2D eigenvalue weighted by atomic mass is 9.66. The molecule has 0 amide bonds. The number of piperidine rings is 1. The summed E-state index contributed by atoms with van der Waals surface area (Å²) in [6.45, 7) is 6.15. The molecule has 5 nitrogen and oxygen atoms in total. The highest BCUT2D eigenvalue weighted by Gasteiger charge is 2.43. The largest absolute Gasteiger partial charge is 0.490 e. The van der Waals surface area contributed by atoms with E-state index < -0.39 is 12.1 Å². The number of carboxylic acid groups (broad SMARTS) is 1. The summed E-state index contributed by atoms with van der Waals surface area (Å²) in [7, 11) is 1.81. The van der Waals surface area contributed by atoms with E-state index in [1.165, 1.54) is 37.9 Å². The topological polar surface area (TPSA) is 59.0 Å². The molecular formula is C20H28F3NO4. The number of hydrogen-bond acceptors (Lipinski definition) is 4. The molecule has 1 atom stereocenters. The number of likely N-dealkylation sites (tertiary alicyclic amines) is 1. The number of nitrogens with zero attached hydrogens (tertiary/aromatic N) is 1. The molecule has 2 aliphatic heterocycles. The second-order valence-electron chi connectivity index (χ2n) is 7.40. The summed E-state index contributed by atoms with van der Waals surface area (Å²) in [5, 5.41) is 7.12. The van der Waals surface area contributed by atoms with Crippen LogP contribution in [-0.4, -0.2) is 62.2 Å². The molecule has 0 saturated carbocycles. The van der Waals surface area contributed by atoms with Crippen LogP contribution in [0.3, 0.4) is 0 Å². The van der Waals surface area contributed by atoms with Crippen LogP contribution in [0.1, 0.15) is 24.8 Å². The highest BCUT2D eigenvalue weighted by molar-refractivity contribution is 5.73. The number of rotatable bonds is 4. The number of methoxy groups -OCH3 is 1. The van der Waals surface area contributed by atoms with Crippen LogP contribution >= 0.6 is 0 Å². The van der Waals surface area contributed by atoms with Gasteiger partial charge in [0.1, 0.15) is 0 Å². The smallest absolute Gasteiger partial charge is 0.475 e. The van der Waals surface area contributed by atoms with Crippen LogP contribution < -0.4 is 0 Å². The second kappa shape index (κ2) is 10.2. The number of alkyl halides is 3. The van der Waals surface area contributed by atoms with Gasteiger partial charge in [-0.25, -0.2) is 4.79 Å². The zero-order chi connectivity index (χ0) is 20.6. The Bertz CT molecular complexity index is 599. The van der Waals surface area contributed by atoms with Gasteiger partial charge in [0, 0.05) is 26.2 Å². The summed E-state index contributed by atoms with van der Waals surface area (Å²) >= 11 is 0. The first-order valence-electron chi connectivity index (χ1n) is 9.40. The van der Waals surface area contributed by atoms with Crippen LogP contribution in [0.25, 0.3) is 0 Å². The number of carboxylic acids is 1. The first-order valence-corrected chi connectivity index (χ1v) is 9.40. The molecule has 0 aromatic heterocycles. The second-order valence-corrected chi connectivity index (χ2v) is 7.40. The molecule has 1 unspecified atom stereocenters. The molecule has 1 N–H and O–H groups in total. The molecule has 0 aliphatic carbocycles. The minimum Gasteiger partial charge on any atom is -0.475 e. The first kappa shape index (κ1) is 22.6. The Morgan fingerprint density at radius 2 is 1.86 bits per heavy atom. The standard InChI is InChI=1S/C18H27NO2.C2HF3O2/c1-20-14-17-15-21-12-9-18(17)7-10-19(11-8-18)13-16-5-3-2-4-6-16;3-2(4,5)1(6)7/h2-6,17H,7-15H2,1H3;(H,6,7). The van der Waals surface area contributed by atoms with Crippen molar-refractivity contribution < 1.29 is 32.5 Å². The van der Waals surface area contributed by atoms with E-state index in [1.807, 2.05) is 7.11 Å². The van der Waals surface area contributed by atoms with Crippen LogP contribution in [0.4, 0.5) is 13.2 Å². The van der Waals surface area contributed by atoms with Gasteiger partial charge in [-0.1, -0.05) is 30.3 Å². The summed E-state index contributed by atoms with van der Waals surface area (Å²) < 4.78 is 42.9. The Balaban J connectivity index is 0.000000345. The van der Waals surface area contributed by atoms with Gasteiger partial charge < -0.3 is 14.6 Å². The Hall–Kier alpha value is -1.64. The molecule has 2 fully saturated rings. The normalized spacial score (nSPS) is 22.4. The molecule has 28 heavy (non-hydrogen) atoms. The zero-order valence-corrected chi connectivity index (χ0v) is 16.1. The highest BCUT2D eigenvalue weighted by atomic mass is 19.4. The molecule has 2 aliphatic rings. The van der Waals surface area contributed by atoms with Crippen molar-refractivity contribution in [2.45, 2.75) is 32.0 Å². The van der Waals surface area contributed by atoms with Crippen LogP contribution in [0, 0.1) is 11.3 Å². The number of hydrogen-bond donors (Lipinski definition) is 1. The zero-order valence-electron chi connectivity index (χ0n) is 16.1. The molecule has 158 valence electrons. The van der Waals surface area contributed by atoms with Gasteiger partial charge >= 0.3 is 12.1 Å². The number of ether oxygens (including phenoxy) is 2. The van der Waals surface area contributed by atoms with Gasteiger partial charge in [-0.2, -0.15) is 13.2 Å². The maximum absolute atomic E-state index is 10.6. The predicted octanol–water partition coefficient (Wildman–Crippen LogP) is 3.59. The summed E-state index contributed by atoms with van der Waals surface area (Å²) in [5.41, 5.74) is 1.88. The highest BCUT2D eigenvalue weighted by Crippen LogP contribution is 2.44. The minimum atomic E-state index is -5.08. The number of benzene rings is 1. The lowest BCUT2D eigenvalue weighted by Gasteiger charge is -2.49. The molecule has 1 aromatic rings. The molecule has 1 aromatic carbocycles. The first-order chi connectivity index (χ1) is 13.3. The van der Waals surface area contributed by atoms with E-state index >= 15 is 0 Å². The monoisotopic (exact) mass is 403 g/mol. The Labute approximate surface area is 163 Å². The van der Waals surface area contributed by atoms with Crippen molar-refractivity contribution in [2.75, 3.05) is 40.0 Å². The van der Waals surface area contributed by atoms with Crippen LogP contribution in [-0.2, 0) is 20.8 Å². The molecule has 2 saturated heterocycles. The average Bonchev–Trinajstić information content (AvgIpc) is 2.66. The maximum Gasteiger partial charge on any atom is 0.490 e. The Morgan fingerprint density at radius 3 is 2.39 bits per heavy atom. The van der Waals surface area contributed by atoms with Crippen molar-refractivity contribution in [1.82, 2.24) is 4.90 Å². The SMILES string of the molecule is COCC1COCCC12CCN(Cc1ccccc1)CC2.O=C(O)C(F)(F)F. The van der Waals surface area contributed by atoms with Crippen molar-refractivity contribution in [3.63, 3.8) is 0 Å². The van der Waals surface area contributed by atoms with Gasteiger partial charge in [-0.15, -0.1) is 0 Å². The third-order valence-corrected chi connectivity index (χ3v) is 5.64. The van der Waals surface area contributed by atoms with E-state index in [0.717, 1.165) is 26.4 Å². The fourth-order valence-corrected chi connectivity index (χ4v) is 3.96. The summed E-state index contributed by atoms with van der Waals surface area (Å²) in [5.74, 6) is -2.18. The predicted molar refractivity (Wildman–Crippen MR) is 97.9 cm³/mol. The van der Waals surface area contributed by atoms with Gasteiger partial charge in [0.2, 0.25) is 0 Å². The summed E-state index contributed by atoms with van der Waals surface area (Å²) in [6, 6.07) is 10.8. The molecule has 3 rings (SSSR count). The maximum atomic E-state index is 10.6. The van der Waals surface area contributed by atoms with Gasteiger partial charge in [0.25, 0.3) is 0 Å². The third kappa shape index (κ3) is 6.46.